The SMILES string of the molecule is NCCc1cc(Cl)c2cccnc2c1N1CCC(F)CC1. The predicted octanol–water partition coefficient (Wildman–Crippen LogP) is 3.33. The van der Waals surface area contributed by atoms with E-state index in [-0.39, 0.29) is 0 Å². The van der Waals surface area contributed by atoms with E-state index in [0.29, 0.717) is 37.5 Å². The zero-order chi connectivity index (χ0) is 14.8. The number of aromatic nitrogens is 1. The molecule has 1 aromatic carbocycles. The van der Waals surface area contributed by atoms with Gasteiger partial charge in [-0.2, -0.15) is 0 Å². The van der Waals surface area contributed by atoms with E-state index in [0.717, 1.165) is 28.6 Å². The number of rotatable bonds is 3. The number of fused-ring (bicyclic) bond motifs is 1. The van der Waals surface area contributed by atoms with Crippen molar-refractivity contribution in [2.75, 3.05) is 24.5 Å². The molecule has 0 bridgehead atoms. The molecule has 21 heavy (non-hydrogen) atoms. The Kier molecular flexibility index (Phi) is 4.27. The fourth-order valence-electron chi connectivity index (χ4n) is 3.01. The summed E-state index contributed by atoms with van der Waals surface area (Å²) in [7, 11) is 0. The second kappa shape index (κ2) is 6.16. The van der Waals surface area contributed by atoms with E-state index in [4.69, 9.17) is 17.3 Å². The first-order valence-electron chi connectivity index (χ1n) is 7.36. The third kappa shape index (κ3) is 2.83. The van der Waals surface area contributed by atoms with Gasteiger partial charge in [0, 0.05) is 24.7 Å². The quantitative estimate of drug-likeness (QED) is 0.946. The van der Waals surface area contributed by atoms with E-state index in [9.17, 15) is 4.39 Å². The number of benzene rings is 1. The van der Waals surface area contributed by atoms with Crippen molar-refractivity contribution in [2.24, 2.45) is 5.73 Å². The van der Waals surface area contributed by atoms with Crippen LogP contribution in [0.15, 0.2) is 24.4 Å². The topological polar surface area (TPSA) is 42.1 Å². The van der Waals surface area contributed by atoms with E-state index in [2.05, 4.69) is 9.88 Å². The summed E-state index contributed by atoms with van der Waals surface area (Å²) in [6, 6.07) is 5.84. The molecule has 0 spiro atoms. The van der Waals surface area contributed by atoms with Crippen LogP contribution < -0.4 is 10.6 Å². The summed E-state index contributed by atoms with van der Waals surface area (Å²) >= 11 is 6.37. The minimum absolute atomic E-state index is 0.557. The summed E-state index contributed by atoms with van der Waals surface area (Å²) in [6.07, 6.45) is 2.97. The number of nitrogens with zero attached hydrogens (tertiary/aromatic N) is 2. The maximum Gasteiger partial charge on any atom is 0.103 e. The Morgan fingerprint density at radius 3 is 2.86 bits per heavy atom. The predicted molar refractivity (Wildman–Crippen MR) is 85.9 cm³/mol. The van der Waals surface area contributed by atoms with Crippen molar-refractivity contribution in [2.45, 2.75) is 25.4 Å². The van der Waals surface area contributed by atoms with Crippen molar-refractivity contribution in [1.29, 1.82) is 0 Å². The maximum absolute atomic E-state index is 13.4. The molecule has 2 N–H and O–H groups in total. The van der Waals surface area contributed by atoms with Gasteiger partial charge in [0.05, 0.1) is 16.2 Å². The summed E-state index contributed by atoms with van der Waals surface area (Å²) in [5, 5.41) is 1.64. The molecule has 0 amide bonds. The number of halogens is 2. The van der Waals surface area contributed by atoms with Gasteiger partial charge in [-0.15, -0.1) is 0 Å². The van der Waals surface area contributed by atoms with Gasteiger partial charge < -0.3 is 10.6 Å². The van der Waals surface area contributed by atoms with Gasteiger partial charge in [-0.25, -0.2) is 4.39 Å². The number of anilines is 1. The summed E-state index contributed by atoms with van der Waals surface area (Å²) in [4.78, 5) is 6.75. The van der Waals surface area contributed by atoms with Crippen molar-refractivity contribution in [3.8, 4) is 0 Å². The van der Waals surface area contributed by atoms with Gasteiger partial charge in [0.2, 0.25) is 0 Å². The molecule has 1 aromatic heterocycles. The monoisotopic (exact) mass is 307 g/mol. The zero-order valence-corrected chi connectivity index (χ0v) is 12.6. The first-order chi connectivity index (χ1) is 10.2. The summed E-state index contributed by atoms with van der Waals surface area (Å²) in [5.74, 6) is 0. The lowest BCUT2D eigenvalue weighted by Crippen LogP contribution is -2.35. The molecule has 112 valence electrons. The number of pyridine rings is 1. The largest absolute Gasteiger partial charge is 0.369 e. The van der Waals surface area contributed by atoms with Crippen molar-refractivity contribution in [3.63, 3.8) is 0 Å². The van der Waals surface area contributed by atoms with Crippen LogP contribution in [0.5, 0.6) is 0 Å². The highest BCUT2D eigenvalue weighted by atomic mass is 35.5. The van der Waals surface area contributed by atoms with E-state index in [1.54, 1.807) is 6.20 Å². The normalized spacial score (nSPS) is 16.6. The second-order valence-corrected chi connectivity index (χ2v) is 5.87. The Hall–Kier alpha value is -1.39. The van der Waals surface area contributed by atoms with Crippen LogP contribution in [-0.2, 0) is 6.42 Å². The average Bonchev–Trinajstić information content (AvgIpc) is 2.49. The fraction of sp³-hybridized carbons (Fsp3) is 0.438. The van der Waals surface area contributed by atoms with Gasteiger partial charge in [-0.1, -0.05) is 11.6 Å². The standard InChI is InChI=1S/C16H19ClFN3/c17-14-10-11(3-6-19)16(15-13(14)2-1-7-20-15)21-8-4-12(18)5-9-21/h1-2,7,10,12H,3-6,8-9,19H2. The minimum Gasteiger partial charge on any atom is -0.369 e. The van der Waals surface area contributed by atoms with Crippen molar-refractivity contribution in [1.82, 2.24) is 4.98 Å². The van der Waals surface area contributed by atoms with Gasteiger partial charge in [-0.3, -0.25) is 4.98 Å². The van der Waals surface area contributed by atoms with E-state index < -0.39 is 6.17 Å². The minimum atomic E-state index is -0.689. The van der Waals surface area contributed by atoms with Gasteiger partial charge in [-0.05, 0) is 49.6 Å². The molecule has 0 unspecified atom stereocenters. The number of hydrogen-bond donors (Lipinski definition) is 1. The molecule has 5 heteroatoms. The molecule has 1 aliphatic rings. The molecule has 1 saturated heterocycles. The highest BCUT2D eigenvalue weighted by Gasteiger charge is 2.23. The molecule has 2 heterocycles. The van der Waals surface area contributed by atoms with Crippen LogP contribution in [0, 0.1) is 0 Å². The molecule has 1 aliphatic heterocycles. The van der Waals surface area contributed by atoms with Crippen molar-refractivity contribution < 1.29 is 4.39 Å². The molecular weight excluding hydrogens is 289 g/mol. The Morgan fingerprint density at radius 1 is 1.38 bits per heavy atom. The fourth-order valence-corrected chi connectivity index (χ4v) is 3.29. The van der Waals surface area contributed by atoms with Gasteiger partial charge in [0.15, 0.2) is 0 Å². The third-order valence-electron chi connectivity index (χ3n) is 4.05. The van der Waals surface area contributed by atoms with Gasteiger partial charge in [0.1, 0.15) is 6.17 Å². The van der Waals surface area contributed by atoms with Crippen LogP contribution in [0.3, 0.4) is 0 Å². The number of hydrogen-bond acceptors (Lipinski definition) is 3. The molecule has 1 fully saturated rings. The highest BCUT2D eigenvalue weighted by molar-refractivity contribution is 6.36. The van der Waals surface area contributed by atoms with Crippen LogP contribution in [0.2, 0.25) is 5.02 Å². The summed E-state index contributed by atoms with van der Waals surface area (Å²) in [5.41, 5.74) is 8.81. The van der Waals surface area contributed by atoms with Crippen LogP contribution in [0.25, 0.3) is 10.9 Å². The molecule has 3 rings (SSSR count). The third-order valence-corrected chi connectivity index (χ3v) is 4.36. The average molecular weight is 308 g/mol. The maximum atomic E-state index is 13.4. The van der Waals surface area contributed by atoms with Crippen molar-refractivity contribution >= 4 is 28.2 Å². The Bertz CT molecular complexity index is 639. The van der Waals surface area contributed by atoms with Gasteiger partial charge in [0.25, 0.3) is 0 Å². The molecule has 0 aliphatic carbocycles. The summed E-state index contributed by atoms with van der Waals surface area (Å²) < 4.78 is 13.4. The lowest BCUT2D eigenvalue weighted by Gasteiger charge is -2.33. The lowest BCUT2D eigenvalue weighted by molar-refractivity contribution is 0.277. The van der Waals surface area contributed by atoms with E-state index in [1.807, 2.05) is 18.2 Å². The lowest BCUT2D eigenvalue weighted by atomic mass is 10.0. The van der Waals surface area contributed by atoms with E-state index in [1.165, 1.54) is 0 Å². The molecular formula is C16H19ClFN3. The summed E-state index contributed by atoms with van der Waals surface area (Å²) in [6.45, 7) is 1.99. The smallest absolute Gasteiger partial charge is 0.103 e. The first-order valence-corrected chi connectivity index (χ1v) is 7.73. The number of alkyl halides is 1. The Labute approximate surface area is 128 Å². The Morgan fingerprint density at radius 2 is 2.14 bits per heavy atom. The Balaban J connectivity index is 2.13. The number of piperidine rings is 1. The van der Waals surface area contributed by atoms with Crippen molar-refractivity contribution in [3.05, 3.63) is 35.0 Å². The molecule has 0 saturated carbocycles. The van der Waals surface area contributed by atoms with E-state index >= 15 is 0 Å². The zero-order valence-electron chi connectivity index (χ0n) is 11.9. The van der Waals surface area contributed by atoms with Gasteiger partial charge >= 0.3 is 0 Å². The van der Waals surface area contributed by atoms with Crippen LogP contribution >= 0.6 is 11.6 Å². The van der Waals surface area contributed by atoms with Crippen LogP contribution in [-0.4, -0.2) is 30.8 Å². The molecule has 3 nitrogen and oxygen atoms in total. The molecule has 2 aromatic rings. The van der Waals surface area contributed by atoms with Crippen LogP contribution in [0.1, 0.15) is 18.4 Å². The molecule has 0 radical (unpaired) electrons. The highest BCUT2D eigenvalue weighted by Crippen LogP contribution is 2.36. The second-order valence-electron chi connectivity index (χ2n) is 5.47. The first kappa shape index (κ1) is 14.5. The van der Waals surface area contributed by atoms with Crippen LogP contribution in [0.4, 0.5) is 10.1 Å². The number of nitrogens with two attached hydrogens (primary N) is 1. The molecule has 0 atom stereocenters.